The fourth-order valence-corrected chi connectivity index (χ4v) is 8.73. The first-order chi connectivity index (χ1) is 24.2. The normalized spacial score (nSPS) is 12.2. The van der Waals surface area contributed by atoms with E-state index in [4.69, 9.17) is 14.7 Å². The highest BCUT2D eigenvalue weighted by Gasteiger charge is 2.28. The Morgan fingerprint density at radius 3 is 1.22 bits per heavy atom. The fraction of sp³-hybridized carbons (Fsp3) is 0. The highest BCUT2D eigenvalue weighted by molar-refractivity contribution is 7.24. The number of hydrogen-bond donors (Lipinski definition) is 0. The molecule has 4 nitrogen and oxygen atoms in total. The highest BCUT2D eigenvalue weighted by Crippen LogP contribution is 2.44. The summed E-state index contributed by atoms with van der Waals surface area (Å²) < 4.78 is 10.1. The molecule has 2 aliphatic heterocycles. The van der Waals surface area contributed by atoms with Crippen LogP contribution in [0.1, 0.15) is 21.9 Å². The number of ether oxygens (including phenoxy) is 1. The Labute approximate surface area is 290 Å². The van der Waals surface area contributed by atoms with E-state index < -0.39 is 5.97 Å². The zero-order valence-corrected chi connectivity index (χ0v) is 27.7. The van der Waals surface area contributed by atoms with Crippen molar-refractivity contribution in [2.45, 2.75) is 0 Å². The van der Waals surface area contributed by atoms with Crippen molar-refractivity contribution >= 4 is 59.6 Å². The van der Waals surface area contributed by atoms with Gasteiger partial charge in [0, 0.05) is 35.5 Å². The van der Waals surface area contributed by atoms with Crippen LogP contribution < -0.4 is 4.74 Å². The lowest BCUT2D eigenvalue weighted by molar-refractivity contribution is 0.0755. The Kier molecular flexibility index (Phi) is 7.30. The number of aromatic nitrogens is 2. The smallest absolute Gasteiger partial charge is 0.364 e. The SMILES string of the molecule is O=C1Oc2nc1c(-c1ccccc1)c1ccc(s1)c(-c1ccccc1)c1nc(c(-c3ccccc3)c3ccc(s3)c2-c2ccccc2)C=C1. The van der Waals surface area contributed by atoms with Crippen LogP contribution in [0.2, 0.25) is 0 Å². The summed E-state index contributed by atoms with van der Waals surface area (Å²) in [4.78, 5) is 24.3. The molecule has 6 heteroatoms. The molecule has 49 heavy (non-hydrogen) atoms. The summed E-state index contributed by atoms with van der Waals surface area (Å²) in [5.74, 6) is -0.174. The predicted molar refractivity (Wildman–Crippen MR) is 204 cm³/mol. The van der Waals surface area contributed by atoms with Crippen molar-refractivity contribution in [2.75, 3.05) is 0 Å². The monoisotopic (exact) mass is 666 g/mol. The van der Waals surface area contributed by atoms with Gasteiger partial charge >= 0.3 is 5.97 Å². The van der Waals surface area contributed by atoms with E-state index >= 15 is 0 Å². The molecule has 0 saturated carbocycles. The van der Waals surface area contributed by atoms with Gasteiger partial charge in [-0.25, -0.2) is 14.8 Å². The predicted octanol–water partition coefficient (Wildman–Crippen LogP) is 11.8. The van der Waals surface area contributed by atoms with Crippen LogP contribution in [-0.2, 0) is 0 Å². The topological polar surface area (TPSA) is 52.1 Å². The number of carbonyl (C=O) groups excluding carboxylic acids is 1. The van der Waals surface area contributed by atoms with Crippen molar-refractivity contribution in [3.8, 4) is 50.4 Å². The molecule has 2 aliphatic rings. The summed E-state index contributed by atoms with van der Waals surface area (Å²) in [5, 5.41) is 0. The second-order valence-electron chi connectivity index (χ2n) is 11.7. The number of hydrogen-bond acceptors (Lipinski definition) is 6. The molecule has 4 aromatic carbocycles. The number of carbonyl (C=O) groups is 1. The first-order valence-electron chi connectivity index (χ1n) is 15.9. The van der Waals surface area contributed by atoms with E-state index in [1.165, 1.54) is 0 Å². The van der Waals surface area contributed by atoms with Crippen LogP contribution >= 0.6 is 22.7 Å². The summed E-state index contributed by atoms with van der Waals surface area (Å²) in [6, 6.07) is 49.2. The van der Waals surface area contributed by atoms with Crippen molar-refractivity contribution in [2.24, 2.45) is 0 Å². The quantitative estimate of drug-likeness (QED) is 0.175. The number of fused-ring (bicyclic) bond motifs is 8. The van der Waals surface area contributed by atoms with Gasteiger partial charge in [0.05, 0.1) is 17.0 Å². The molecular weight excluding hydrogens is 641 g/mol. The summed E-state index contributed by atoms with van der Waals surface area (Å²) in [5.41, 5.74) is 9.61. The van der Waals surface area contributed by atoms with E-state index in [9.17, 15) is 4.79 Å². The van der Waals surface area contributed by atoms with Crippen molar-refractivity contribution in [3.05, 3.63) is 163 Å². The molecule has 0 unspecified atom stereocenters. The summed E-state index contributed by atoms with van der Waals surface area (Å²) in [6.07, 6.45) is 4.24. The van der Waals surface area contributed by atoms with E-state index in [1.807, 2.05) is 72.8 Å². The Morgan fingerprint density at radius 1 is 0.408 bits per heavy atom. The number of nitrogens with zero attached hydrogens (tertiary/aromatic N) is 2. The van der Waals surface area contributed by atoms with Gasteiger partial charge in [-0.1, -0.05) is 121 Å². The molecule has 0 aliphatic carbocycles. The summed E-state index contributed by atoms with van der Waals surface area (Å²) >= 11 is 3.26. The average Bonchev–Trinajstić information content (AvgIpc) is 3.98. The van der Waals surface area contributed by atoms with Gasteiger partial charge < -0.3 is 4.74 Å². The third kappa shape index (κ3) is 5.28. The maximum atomic E-state index is 13.9. The van der Waals surface area contributed by atoms with Gasteiger partial charge in [-0.3, -0.25) is 0 Å². The Balaban J connectivity index is 1.50. The van der Waals surface area contributed by atoms with E-state index in [0.29, 0.717) is 11.6 Å². The van der Waals surface area contributed by atoms with Gasteiger partial charge in [0.2, 0.25) is 5.88 Å². The molecule has 5 heterocycles. The Hall–Kier alpha value is -5.95. The maximum absolute atomic E-state index is 13.9. The minimum absolute atomic E-state index is 0.290. The largest absolute Gasteiger partial charge is 0.402 e. The minimum Gasteiger partial charge on any atom is -0.402 e. The molecule has 0 fully saturated rings. The molecule has 232 valence electrons. The van der Waals surface area contributed by atoms with Crippen molar-refractivity contribution in [1.82, 2.24) is 9.97 Å². The maximum Gasteiger partial charge on any atom is 0.364 e. The summed E-state index contributed by atoms with van der Waals surface area (Å²) in [6.45, 7) is 0. The number of benzene rings is 4. The van der Waals surface area contributed by atoms with E-state index in [2.05, 4.69) is 84.9 Å². The fourth-order valence-electron chi connectivity index (χ4n) is 6.44. The molecule has 0 radical (unpaired) electrons. The van der Waals surface area contributed by atoms with E-state index in [1.54, 1.807) is 22.7 Å². The summed E-state index contributed by atoms with van der Waals surface area (Å²) in [7, 11) is 0. The van der Waals surface area contributed by atoms with Gasteiger partial charge in [0.25, 0.3) is 0 Å². The Bertz CT molecular complexity index is 2570. The van der Waals surface area contributed by atoms with Crippen molar-refractivity contribution < 1.29 is 9.53 Å². The minimum atomic E-state index is -0.468. The number of rotatable bonds is 4. The van der Waals surface area contributed by atoms with Crippen LogP contribution in [0.5, 0.6) is 5.88 Å². The van der Waals surface area contributed by atoms with E-state index in [-0.39, 0.29) is 0 Å². The van der Waals surface area contributed by atoms with Crippen LogP contribution in [-0.4, -0.2) is 15.9 Å². The first-order valence-corrected chi connectivity index (χ1v) is 17.6. The van der Waals surface area contributed by atoms with Gasteiger partial charge in [0.1, 0.15) is 0 Å². The molecule has 3 aromatic heterocycles. The van der Waals surface area contributed by atoms with Gasteiger partial charge in [0.15, 0.2) is 5.69 Å². The molecule has 8 bridgehead atoms. The van der Waals surface area contributed by atoms with Gasteiger partial charge in [-0.05, 0) is 58.7 Å². The highest BCUT2D eigenvalue weighted by atomic mass is 32.1. The molecule has 0 amide bonds. The molecule has 0 saturated heterocycles. The second kappa shape index (κ2) is 12.3. The standard InChI is InChI=1S/C43H26N2O2S2/c46-43-41-39(29-17-9-3-10-18-29)35-25-23-33(48-35)37(27-13-5-1-6-14-27)31-21-22-32(44-31)38(28-15-7-2-8-16-28)34-24-26-36(49-34)40(42(45-41)47-43)30-19-11-4-12-20-30/h1-26H. The lowest BCUT2D eigenvalue weighted by atomic mass is 10.0. The van der Waals surface area contributed by atoms with Crippen LogP contribution in [0.4, 0.5) is 0 Å². The third-order valence-corrected chi connectivity index (χ3v) is 10.9. The van der Waals surface area contributed by atoms with Crippen molar-refractivity contribution in [3.63, 3.8) is 0 Å². The van der Waals surface area contributed by atoms with E-state index in [0.717, 1.165) is 74.7 Å². The number of esters is 1. The lowest BCUT2D eigenvalue weighted by Gasteiger charge is -2.05. The zero-order chi connectivity index (χ0) is 32.7. The second-order valence-corrected chi connectivity index (χ2v) is 13.8. The molecule has 9 rings (SSSR count). The molecule has 0 spiro atoms. The molecule has 0 atom stereocenters. The van der Waals surface area contributed by atoms with Gasteiger partial charge in [-0.15, -0.1) is 22.7 Å². The molecular formula is C43H26N2O2S2. The van der Waals surface area contributed by atoms with Crippen LogP contribution in [0.15, 0.2) is 146 Å². The van der Waals surface area contributed by atoms with Crippen molar-refractivity contribution in [1.29, 1.82) is 0 Å². The average molecular weight is 667 g/mol. The van der Waals surface area contributed by atoms with Crippen LogP contribution in [0.25, 0.3) is 75.5 Å². The molecule has 0 N–H and O–H groups in total. The number of thiophene rings is 2. The lowest BCUT2D eigenvalue weighted by Crippen LogP contribution is -2.03. The first kappa shape index (κ1) is 29.2. The zero-order valence-electron chi connectivity index (χ0n) is 26.0. The molecule has 7 aromatic rings. The van der Waals surface area contributed by atoms with Crippen LogP contribution in [0.3, 0.4) is 0 Å². The van der Waals surface area contributed by atoms with Crippen LogP contribution in [0, 0.1) is 0 Å². The van der Waals surface area contributed by atoms with Gasteiger partial charge in [-0.2, -0.15) is 0 Å². The third-order valence-electron chi connectivity index (χ3n) is 8.65. The Morgan fingerprint density at radius 2 is 0.776 bits per heavy atom.